The molecule has 1 atom stereocenters. The van der Waals surface area contributed by atoms with Crippen molar-refractivity contribution in [3.8, 4) is 0 Å². The first-order chi connectivity index (χ1) is 12.1. The molecule has 0 saturated carbocycles. The van der Waals surface area contributed by atoms with E-state index in [2.05, 4.69) is 41.4 Å². The number of nitrogens with zero attached hydrogens (tertiary/aromatic N) is 2. The largest absolute Gasteiger partial charge is 0.331 e. The van der Waals surface area contributed by atoms with Crippen LogP contribution in [-0.2, 0) is 6.54 Å². The topological polar surface area (TPSA) is 35.6 Å². The molecule has 0 bridgehead atoms. The molecule has 0 aliphatic carbocycles. The Morgan fingerprint density at radius 3 is 2.32 bits per heavy atom. The number of urea groups is 1. The molecule has 2 amide bonds. The van der Waals surface area contributed by atoms with E-state index in [1.807, 2.05) is 42.2 Å². The van der Waals surface area contributed by atoms with Crippen molar-refractivity contribution < 1.29 is 4.79 Å². The van der Waals surface area contributed by atoms with E-state index in [1.165, 1.54) is 11.1 Å². The van der Waals surface area contributed by atoms with Crippen LogP contribution in [0.15, 0.2) is 54.6 Å². The molecule has 0 aromatic heterocycles. The van der Waals surface area contributed by atoms with Gasteiger partial charge in [0, 0.05) is 32.7 Å². The Balaban J connectivity index is 1.48. The van der Waals surface area contributed by atoms with Crippen molar-refractivity contribution in [2.75, 3.05) is 26.2 Å². The normalized spacial score (nSPS) is 16.5. The third-order valence-corrected chi connectivity index (χ3v) is 4.95. The van der Waals surface area contributed by atoms with Gasteiger partial charge in [-0.3, -0.25) is 4.90 Å². The van der Waals surface area contributed by atoms with E-state index in [9.17, 15) is 4.79 Å². The quantitative estimate of drug-likeness (QED) is 0.925. The van der Waals surface area contributed by atoms with Crippen LogP contribution in [0.25, 0.3) is 0 Å². The Morgan fingerprint density at radius 2 is 1.64 bits per heavy atom. The lowest BCUT2D eigenvalue weighted by Gasteiger charge is -2.35. The Kier molecular flexibility index (Phi) is 5.71. The molecule has 0 spiro atoms. The molecular formula is C21H27N3O. The third kappa shape index (κ3) is 4.60. The van der Waals surface area contributed by atoms with Crippen molar-refractivity contribution in [1.82, 2.24) is 15.1 Å². The molecule has 132 valence electrons. The van der Waals surface area contributed by atoms with Crippen molar-refractivity contribution >= 4 is 6.03 Å². The minimum Gasteiger partial charge on any atom is -0.331 e. The molecule has 1 fully saturated rings. The van der Waals surface area contributed by atoms with Gasteiger partial charge in [-0.15, -0.1) is 0 Å². The maximum absolute atomic E-state index is 12.5. The van der Waals surface area contributed by atoms with Crippen molar-refractivity contribution in [3.05, 3.63) is 71.3 Å². The predicted molar refractivity (Wildman–Crippen MR) is 101 cm³/mol. The monoisotopic (exact) mass is 337 g/mol. The van der Waals surface area contributed by atoms with E-state index in [-0.39, 0.29) is 12.1 Å². The van der Waals surface area contributed by atoms with Crippen LogP contribution in [0.1, 0.15) is 29.7 Å². The van der Waals surface area contributed by atoms with E-state index in [4.69, 9.17) is 0 Å². The number of piperazine rings is 1. The van der Waals surface area contributed by atoms with Gasteiger partial charge in [0.25, 0.3) is 0 Å². The molecule has 1 unspecified atom stereocenters. The summed E-state index contributed by atoms with van der Waals surface area (Å²) in [4.78, 5) is 16.8. The highest BCUT2D eigenvalue weighted by molar-refractivity contribution is 5.74. The first-order valence-corrected chi connectivity index (χ1v) is 9.01. The van der Waals surface area contributed by atoms with Crippen LogP contribution in [0.4, 0.5) is 4.79 Å². The molecule has 1 saturated heterocycles. The van der Waals surface area contributed by atoms with Crippen molar-refractivity contribution in [1.29, 1.82) is 0 Å². The van der Waals surface area contributed by atoms with Gasteiger partial charge in [-0.25, -0.2) is 4.79 Å². The molecule has 1 aliphatic heterocycles. The number of carbonyl (C=O) groups excluding carboxylic acids is 1. The molecule has 1 heterocycles. The molecular weight excluding hydrogens is 310 g/mol. The molecule has 0 radical (unpaired) electrons. The number of nitrogens with one attached hydrogen (secondary N) is 1. The van der Waals surface area contributed by atoms with Crippen LogP contribution in [-0.4, -0.2) is 42.0 Å². The fourth-order valence-corrected chi connectivity index (χ4v) is 3.24. The van der Waals surface area contributed by atoms with E-state index in [0.29, 0.717) is 0 Å². The van der Waals surface area contributed by atoms with E-state index in [0.717, 1.165) is 38.3 Å². The Bertz CT molecular complexity index is 693. The minimum atomic E-state index is 0.0266. The van der Waals surface area contributed by atoms with Crippen molar-refractivity contribution in [2.24, 2.45) is 0 Å². The maximum Gasteiger partial charge on any atom is 0.317 e. The van der Waals surface area contributed by atoms with Gasteiger partial charge in [-0.1, -0.05) is 54.6 Å². The minimum absolute atomic E-state index is 0.0266. The molecule has 1 N–H and O–H groups in total. The summed E-state index contributed by atoms with van der Waals surface area (Å²) in [7, 11) is 0. The number of aryl methyl sites for hydroxylation is 1. The van der Waals surface area contributed by atoms with Gasteiger partial charge >= 0.3 is 6.03 Å². The predicted octanol–water partition coefficient (Wildman–Crippen LogP) is 3.58. The summed E-state index contributed by atoms with van der Waals surface area (Å²) in [6.07, 6.45) is 0. The second-order valence-electron chi connectivity index (χ2n) is 6.77. The number of rotatable bonds is 4. The van der Waals surface area contributed by atoms with E-state index >= 15 is 0 Å². The fourth-order valence-electron chi connectivity index (χ4n) is 3.24. The van der Waals surface area contributed by atoms with Crippen LogP contribution in [0, 0.1) is 6.92 Å². The molecule has 2 aromatic rings. The van der Waals surface area contributed by atoms with Crippen molar-refractivity contribution in [2.45, 2.75) is 26.4 Å². The summed E-state index contributed by atoms with van der Waals surface area (Å²) in [5.74, 6) is 0. The van der Waals surface area contributed by atoms with Gasteiger partial charge in [0.05, 0.1) is 6.04 Å². The van der Waals surface area contributed by atoms with Crippen LogP contribution in [0.5, 0.6) is 0 Å². The van der Waals surface area contributed by atoms with Gasteiger partial charge in [-0.05, 0) is 30.5 Å². The lowest BCUT2D eigenvalue weighted by molar-refractivity contribution is 0.133. The summed E-state index contributed by atoms with van der Waals surface area (Å²) in [5.41, 5.74) is 3.84. The molecule has 1 aliphatic rings. The zero-order valence-electron chi connectivity index (χ0n) is 15.1. The van der Waals surface area contributed by atoms with Crippen LogP contribution >= 0.6 is 0 Å². The number of carbonyl (C=O) groups is 1. The highest BCUT2D eigenvalue weighted by atomic mass is 16.2. The molecule has 3 rings (SSSR count). The fraction of sp³-hybridized carbons (Fsp3) is 0.381. The summed E-state index contributed by atoms with van der Waals surface area (Å²) in [5, 5.41) is 3.11. The third-order valence-electron chi connectivity index (χ3n) is 4.95. The number of amides is 2. The zero-order chi connectivity index (χ0) is 17.6. The van der Waals surface area contributed by atoms with Crippen LogP contribution < -0.4 is 5.32 Å². The summed E-state index contributed by atoms with van der Waals surface area (Å²) in [6, 6.07) is 18.7. The molecule has 4 heteroatoms. The van der Waals surface area contributed by atoms with Gasteiger partial charge in [0.15, 0.2) is 0 Å². The second kappa shape index (κ2) is 8.17. The van der Waals surface area contributed by atoms with Gasteiger partial charge in [-0.2, -0.15) is 0 Å². The maximum atomic E-state index is 12.5. The van der Waals surface area contributed by atoms with Crippen LogP contribution in [0.2, 0.25) is 0 Å². The average Bonchev–Trinajstić information content (AvgIpc) is 2.65. The standard InChI is InChI=1S/C21H27N3O/c1-17-8-6-7-11-20(17)16-23-12-14-24(15-13-23)21(25)22-18(2)19-9-4-3-5-10-19/h3-11,18H,12-16H2,1-2H3,(H,22,25). The van der Waals surface area contributed by atoms with Gasteiger partial charge in [0.2, 0.25) is 0 Å². The Morgan fingerprint density at radius 1 is 1.00 bits per heavy atom. The van der Waals surface area contributed by atoms with E-state index < -0.39 is 0 Å². The summed E-state index contributed by atoms with van der Waals surface area (Å²) >= 11 is 0. The van der Waals surface area contributed by atoms with Crippen molar-refractivity contribution in [3.63, 3.8) is 0 Å². The second-order valence-corrected chi connectivity index (χ2v) is 6.77. The lowest BCUT2D eigenvalue weighted by atomic mass is 10.1. The summed E-state index contributed by atoms with van der Waals surface area (Å²) in [6.45, 7) is 8.54. The average molecular weight is 337 g/mol. The first-order valence-electron chi connectivity index (χ1n) is 9.01. The zero-order valence-corrected chi connectivity index (χ0v) is 15.1. The highest BCUT2D eigenvalue weighted by Gasteiger charge is 2.22. The number of benzene rings is 2. The molecule has 4 nitrogen and oxygen atoms in total. The van der Waals surface area contributed by atoms with E-state index in [1.54, 1.807) is 0 Å². The highest BCUT2D eigenvalue weighted by Crippen LogP contribution is 2.14. The smallest absolute Gasteiger partial charge is 0.317 e. The van der Waals surface area contributed by atoms with Gasteiger partial charge in [0.1, 0.15) is 0 Å². The number of hydrogen-bond donors (Lipinski definition) is 1. The first kappa shape index (κ1) is 17.5. The SMILES string of the molecule is Cc1ccccc1CN1CCN(C(=O)NC(C)c2ccccc2)CC1. The lowest BCUT2D eigenvalue weighted by Crippen LogP contribution is -2.51. The Hall–Kier alpha value is -2.33. The summed E-state index contributed by atoms with van der Waals surface area (Å²) < 4.78 is 0. The molecule has 2 aromatic carbocycles. The van der Waals surface area contributed by atoms with Gasteiger partial charge < -0.3 is 10.2 Å². The number of hydrogen-bond acceptors (Lipinski definition) is 2. The van der Waals surface area contributed by atoms with Crippen LogP contribution in [0.3, 0.4) is 0 Å². The molecule has 25 heavy (non-hydrogen) atoms. The Labute approximate surface area is 150 Å².